The van der Waals surface area contributed by atoms with Gasteiger partial charge in [0, 0.05) is 17.8 Å². The van der Waals surface area contributed by atoms with Crippen LogP contribution in [0.3, 0.4) is 0 Å². The molecule has 2 N–H and O–H groups in total. The fourth-order valence-corrected chi connectivity index (χ4v) is 2.86. The molecule has 2 atom stereocenters. The molecule has 0 bridgehead atoms. The third-order valence-corrected chi connectivity index (χ3v) is 4.04. The van der Waals surface area contributed by atoms with Crippen LogP contribution in [0, 0.1) is 24.2 Å². The second-order valence-electron chi connectivity index (χ2n) is 6.31. The number of nitrogens with zero attached hydrogens (tertiary/aromatic N) is 2. The maximum atomic E-state index is 12.2. The lowest BCUT2D eigenvalue weighted by Gasteiger charge is -2.07. The van der Waals surface area contributed by atoms with E-state index in [-0.39, 0.29) is 11.9 Å². The minimum Gasteiger partial charge on any atom is -0.481 e. The Morgan fingerprint density at radius 2 is 2.00 bits per heavy atom. The first-order valence-corrected chi connectivity index (χ1v) is 6.76. The summed E-state index contributed by atoms with van der Waals surface area (Å²) in [4.78, 5) is 23.3. The zero-order valence-electron chi connectivity index (χ0n) is 12.5. The molecule has 0 spiro atoms. The smallest absolute Gasteiger partial charge is 0.307 e. The van der Waals surface area contributed by atoms with Crippen LogP contribution in [-0.2, 0) is 9.59 Å². The lowest BCUT2D eigenvalue weighted by atomic mass is 10.1. The topological polar surface area (TPSA) is 84.2 Å². The van der Waals surface area contributed by atoms with Crippen molar-refractivity contribution in [3.05, 3.63) is 11.8 Å². The van der Waals surface area contributed by atoms with Crippen LogP contribution in [0.5, 0.6) is 0 Å². The number of hydrogen-bond donors (Lipinski definition) is 2. The molecule has 0 aliphatic heterocycles. The Bertz CT molecular complexity index is 560. The van der Waals surface area contributed by atoms with Gasteiger partial charge in [0.2, 0.25) is 5.91 Å². The number of anilines is 1. The molecule has 1 fully saturated rings. The number of hydrogen-bond acceptors (Lipinski definition) is 3. The van der Waals surface area contributed by atoms with E-state index in [0.29, 0.717) is 5.82 Å². The number of aromatic nitrogens is 2. The second-order valence-corrected chi connectivity index (χ2v) is 6.31. The average molecular weight is 279 g/mol. The first-order chi connectivity index (χ1) is 9.16. The fraction of sp³-hybridized carbons (Fsp3) is 0.643. The third kappa shape index (κ3) is 2.30. The van der Waals surface area contributed by atoms with E-state index in [0.717, 1.165) is 5.69 Å². The summed E-state index contributed by atoms with van der Waals surface area (Å²) in [7, 11) is 0. The summed E-state index contributed by atoms with van der Waals surface area (Å²) in [6.45, 7) is 9.54. The molecular formula is C14H21N3O3. The molecule has 1 amide bonds. The van der Waals surface area contributed by atoms with Gasteiger partial charge in [-0.05, 0) is 26.2 Å². The molecule has 1 aromatic heterocycles. The van der Waals surface area contributed by atoms with Gasteiger partial charge in [0.25, 0.3) is 0 Å². The minimum atomic E-state index is -0.918. The van der Waals surface area contributed by atoms with E-state index in [1.54, 1.807) is 19.9 Å². The van der Waals surface area contributed by atoms with Gasteiger partial charge in [-0.2, -0.15) is 5.10 Å². The van der Waals surface area contributed by atoms with Crippen molar-refractivity contribution in [2.45, 2.75) is 40.7 Å². The van der Waals surface area contributed by atoms with Crippen LogP contribution in [0.15, 0.2) is 6.07 Å². The molecule has 20 heavy (non-hydrogen) atoms. The quantitative estimate of drug-likeness (QED) is 0.883. The summed E-state index contributed by atoms with van der Waals surface area (Å²) in [5.41, 5.74) is 0.464. The van der Waals surface area contributed by atoms with Crippen molar-refractivity contribution >= 4 is 17.7 Å². The Labute approximate surface area is 118 Å². The summed E-state index contributed by atoms with van der Waals surface area (Å²) in [5, 5.41) is 16.1. The van der Waals surface area contributed by atoms with Gasteiger partial charge in [0.15, 0.2) is 5.82 Å². The highest BCUT2D eigenvalue weighted by molar-refractivity contribution is 5.99. The van der Waals surface area contributed by atoms with Crippen LogP contribution in [-0.4, -0.2) is 26.8 Å². The third-order valence-electron chi connectivity index (χ3n) is 4.04. The van der Waals surface area contributed by atoms with Crippen molar-refractivity contribution in [3.63, 3.8) is 0 Å². The molecule has 2 rings (SSSR count). The standard InChI is InChI=1S/C14H21N3O3/c1-7(2)17-8(3)6-9(16-17)15-12(18)10-11(13(19)20)14(10,4)5/h6-7,10-11H,1-5H3,(H,19,20)(H,15,16,18)/t10-,11-/m1/s1. The van der Waals surface area contributed by atoms with Crippen LogP contribution in [0.4, 0.5) is 5.82 Å². The normalized spacial score (nSPS) is 23.7. The number of nitrogens with one attached hydrogen (secondary N) is 1. The van der Waals surface area contributed by atoms with E-state index in [2.05, 4.69) is 10.4 Å². The highest BCUT2D eigenvalue weighted by atomic mass is 16.4. The van der Waals surface area contributed by atoms with Gasteiger partial charge in [0.1, 0.15) is 0 Å². The SMILES string of the molecule is Cc1cc(NC(=O)[C@H]2[C@H](C(=O)O)C2(C)C)nn1C(C)C. The number of rotatable bonds is 4. The summed E-state index contributed by atoms with van der Waals surface area (Å²) >= 11 is 0. The molecule has 1 saturated carbocycles. The lowest BCUT2D eigenvalue weighted by Crippen LogP contribution is -2.18. The van der Waals surface area contributed by atoms with E-state index >= 15 is 0 Å². The number of aliphatic carboxylic acids is 1. The monoisotopic (exact) mass is 279 g/mol. The van der Waals surface area contributed by atoms with Crippen LogP contribution in [0.1, 0.15) is 39.4 Å². The number of amides is 1. The number of carbonyl (C=O) groups is 2. The van der Waals surface area contributed by atoms with Crippen molar-refractivity contribution in [3.8, 4) is 0 Å². The zero-order valence-corrected chi connectivity index (χ0v) is 12.5. The summed E-state index contributed by atoms with van der Waals surface area (Å²) in [5.74, 6) is -1.82. The average Bonchev–Trinajstić information content (AvgIpc) is 2.68. The minimum absolute atomic E-state index is 0.213. The number of carbonyl (C=O) groups excluding carboxylic acids is 1. The highest BCUT2D eigenvalue weighted by Gasteiger charge is 2.65. The molecule has 110 valence electrons. The lowest BCUT2D eigenvalue weighted by molar-refractivity contribution is -0.140. The summed E-state index contributed by atoms with van der Waals surface area (Å²) in [6.07, 6.45) is 0. The van der Waals surface area contributed by atoms with Crippen molar-refractivity contribution in [2.24, 2.45) is 17.3 Å². The van der Waals surface area contributed by atoms with Gasteiger partial charge < -0.3 is 10.4 Å². The number of carboxylic acid groups (broad SMARTS) is 1. The Balaban J connectivity index is 2.10. The van der Waals surface area contributed by atoms with Gasteiger partial charge in [-0.15, -0.1) is 0 Å². The van der Waals surface area contributed by atoms with Crippen molar-refractivity contribution in [1.29, 1.82) is 0 Å². The summed E-state index contributed by atoms with van der Waals surface area (Å²) < 4.78 is 1.82. The van der Waals surface area contributed by atoms with Gasteiger partial charge in [0.05, 0.1) is 11.8 Å². The number of aryl methyl sites for hydroxylation is 1. The second kappa shape index (κ2) is 4.61. The van der Waals surface area contributed by atoms with Crippen LogP contribution in [0.25, 0.3) is 0 Å². The van der Waals surface area contributed by atoms with Gasteiger partial charge in [-0.25, -0.2) is 0 Å². The molecular weight excluding hydrogens is 258 g/mol. The molecule has 0 saturated heterocycles. The Hall–Kier alpha value is -1.85. The predicted molar refractivity (Wildman–Crippen MR) is 74.4 cm³/mol. The van der Waals surface area contributed by atoms with Gasteiger partial charge in [-0.3, -0.25) is 14.3 Å². The molecule has 6 nitrogen and oxygen atoms in total. The van der Waals surface area contributed by atoms with Crippen LogP contribution in [0.2, 0.25) is 0 Å². The van der Waals surface area contributed by atoms with Crippen LogP contribution < -0.4 is 5.32 Å². The fourth-order valence-electron chi connectivity index (χ4n) is 2.86. The number of carboxylic acids is 1. The maximum absolute atomic E-state index is 12.2. The van der Waals surface area contributed by atoms with Crippen LogP contribution >= 0.6 is 0 Å². The summed E-state index contributed by atoms with van der Waals surface area (Å²) in [6, 6.07) is 2.01. The zero-order chi connectivity index (χ0) is 15.2. The molecule has 0 radical (unpaired) electrons. The molecule has 0 unspecified atom stereocenters. The van der Waals surface area contributed by atoms with Crippen molar-refractivity contribution in [1.82, 2.24) is 9.78 Å². The van der Waals surface area contributed by atoms with E-state index < -0.39 is 23.2 Å². The van der Waals surface area contributed by atoms with Gasteiger partial charge in [-0.1, -0.05) is 13.8 Å². The molecule has 1 aromatic rings. The van der Waals surface area contributed by atoms with Crippen molar-refractivity contribution < 1.29 is 14.7 Å². The first kappa shape index (κ1) is 14.6. The predicted octanol–water partition coefficient (Wildman–Crippen LogP) is 2.07. The molecule has 6 heteroatoms. The largest absolute Gasteiger partial charge is 0.481 e. The van der Waals surface area contributed by atoms with E-state index in [4.69, 9.17) is 5.11 Å². The van der Waals surface area contributed by atoms with E-state index in [1.165, 1.54) is 0 Å². The Morgan fingerprint density at radius 3 is 2.40 bits per heavy atom. The molecule has 1 aliphatic carbocycles. The van der Waals surface area contributed by atoms with Gasteiger partial charge >= 0.3 is 5.97 Å². The first-order valence-electron chi connectivity index (χ1n) is 6.76. The maximum Gasteiger partial charge on any atom is 0.307 e. The van der Waals surface area contributed by atoms with Crippen molar-refractivity contribution in [2.75, 3.05) is 5.32 Å². The molecule has 1 aliphatic rings. The Kier molecular flexibility index (Phi) is 3.36. The van der Waals surface area contributed by atoms with E-state index in [1.807, 2.05) is 25.5 Å². The Morgan fingerprint density at radius 1 is 1.40 bits per heavy atom. The van der Waals surface area contributed by atoms with E-state index in [9.17, 15) is 9.59 Å². The molecule has 0 aromatic carbocycles. The highest BCUT2D eigenvalue weighted by Crippen LogP contribution is 2.58. The molecule has 1 heterocycles.